The van der Waals surface area contributed by atoms with E-state index in [1.807, 2.05) is 28.9 Å². The van der Waals surface area contributed by atoms with Gasteiger partial charge in [-0.05, 0) is 44.1 Å². The summed E-state index contributed by atoms with van der Waals surface area (Å²) >= 11 is 0. The lowest BCUT2D eigenvalue weighted by Crippen LogP contribution is -2.33. The molecule has 1 saturated heterocycles. The van der Waals surface area contributed by atoms with Crippen LogP contribution in [0.5, 0.6) is 0 Å². The van der Waals surface area contributed by atoms with Crippen LogP contribution in [0.15, 0.2) is 47.7 Å². The van der Waals surface area contributed by atoms with E-state index in [-0.39, 0.29) is 0 Å². The van der Waals surface area contributed by atoms with Gasteiger partial charge in [0.05, 0.1) is 5.69 Å². The first-order chi connectivity index (χ1) is 12.9. The first-order valence-corrected chi connectivity index (χ1v) is 8.68. The summed E-state index contributed by atoms with van der Waals surface area (Å²) < 4.78 is 8.65. The molecule has 1 fully saturated rings. The number of nitrogens with zero attached hydrogens (tertiary/aromatic N) is 8. The predicted molar refractivity (Wildman–Crippen MR) is 91.7 cm³/mol. The minimum atomic E-state index is 0.346. The molecule has 4 aromatic rings. The largest absolute Gasteiger partial charge is 0.451 e. The highest BCUT2D eigenvalue weighted by molar-refractivity contribution is 5.39. The van der Waals surface area contributed by atoms with Crippen molar-refractivity contribution in [1.82, 2.24) is 39.5 Å². The lowest BCUT2D eigenvalue weighted by atomic mass is 9.96. The lowest BCUT2D eigenvalue weighted by Gasteiger charge is -2.30. The highest BCUT2D eigenvalue weighted by Gasteiger charge is 2.25. The minimum absolute atomic E-state index is 0.346. The summed E-state index contributed by atoms with van der Waals surface area (Å²) in [6, 6.07) is 5.71. The molecule has 0 unspecified atom stereocenters. The number of hydrogen-bond acceptors (Lipinski definition) is 7. The Morgan fingerprint density at radius 2 is 2.08 bits per heavy atom. The molecule has 0 aliphatic carbocycles. The monoisotopic (exact) mass is 350 g/mol. The molecule has 0 spiro atoms. The second-order valence-electron chi connectivity index (χ2n) is 6.50. The van der Waals surface area contributed by atoms with E-state index in [0.29, 0.717) is 5.92 Å². The first kappa shape index (κ1) is 15.2. The highest BCUT2D eigenvalue weighted by atomic mass is 16.3. The standard InChI is InChI=1S/C17H18N8O/c1-6-19-24(7-1)16-3-2-15-20-21-17(25(15)22-16)13-4-8-23(9-5-13)10-14-11-26-12-18-14/h1-3,6-7,11-13H,4-5,8-10H2. The van der Waals surface area contributed by atoms with E-state index in [9.17, 15) is 0 Å². The number of likely N-dealkylation sites (tertiary alicyclic amines) is 1. The van der Waals surface area contributed by atoms with Gasteiger partial charge in [0, 0.05) is 24.9 Å². The quantitative estimate of drug-likeness (QED) is 0.553. The van der Waals surface area contributed by atoms with E-state index < -0.39 is 0 Å². The molecule has 26 heavy (non-hydrogen) atoms. The fourth-order valence-electron chi connectivity index (χ4n) is 3.47. The van der Waals surface area contributed by atoms with Gasteiger partial charge < -0.3 is 4.42 Å². The second kappa shape index (κ2) is 6.34. The fourth-order valence-corrected chi connectivity index (χ4v) is 3.47. The van der Waals surface area contributed by atoms with E-state index in [1.54, 1.807) is 17.1 Å². The molecular formula is C17H18N8O. The molecule has 1 aliphatic heterocycles. The summed E-state index contributed by atoms with van der Waals surface area (Å²) in [6.45, 7) is 2.81. The van der Waals surface area contributed by atoms with Crippen LogP contribution in [-0.2, 0) is 6.54 Å². The molecule has 0 amide bonds. The van der Waals surface area contributed by atoms with E-state index in [2.05, 4.69) is 30.3 Å². The fraction of sp³-hybridized carbons (Fsp3) is 0.353. The molecule has 0 radical (unpaired) electrons. The summed E-state index contributed by atoms with van der Waals surface area (Å²) in [7, 11) is 0. The van der Waals surface area contributed by atoms with Crippen LogP contribution < -0.4 is 0 Å². The van der Waals surface area contributed by atoms with Crippen LogP contribution in [0.1, 0.15) is 30.3 Å². The molecule has 9 heteroatoms. The maximum atomic E-state index is 5.05. The molecule has 9 nitrogen and oxygen atoms in total. The van der Waals surface area contributed by atoms with Crippen molar-refractivity contribution in [1.29, 1.82) is 0 Å². The number of hydrogen-bond donors (Lipinski definition) is 0. The van der Waals surface area contributed by atoms with Gasteiger partial charge >= 0.3 is 0 Å². The van der Waals surface area contributed by atoms with Crippen LogP contribution in [0, 0.1) is 0 Å². The Kier molecular flexibility index (Phi) is 3.71. The number of oxazole rings is 1. The van der Waals surface area contributed by atoms with Gasteiger partial charge in [0.25, 0.3) is 0 Å². The van der Waals surface area contributed by atoms with E-state index >= 15 is 0 Å². The van der Waals surface area contributed by atoms with Crippen molar-refractivity contribution in [2.45, 2.75) is 25.3 Å². The van der Waals surface area contributed by atoms with Gasteiger partial charge in [-0.15, -0.1) is 15.3 Å². The number of rotatable bonds is 4. The smallest absolute Gasteiger partial charge is 0.180 e. The Morgan fingerprint density at radius 3 is 2.85 bits per heavy atom. The Hall–Kier alpha value is -3.07. The average molecular weight is 350 g/mol. The number of piperidine rings is 1. The summed E-state index contributed by atoms with van der Waals surface area (Å²) in [5.74, 6) is 2.03. The molecule has 0 aromatic carbocycles. The lowest BCUT2D eigenvalue weighted by molar-refractivity contribution is 0.198. The van der Waals surface area contributed by atoms with E-state index in [4.69, 9.17) is 4.42 Å². The molecule has 0 saturated carbocycles. The van der Waals surface area contributed by atoms with Crippen molar-refractivity contribution in [2.75, 3.05) is 13.1 Å². The van der Waals surface area contributed by atoms with Gasteiger partial charge in [-0.3, -0.25) is 4.90 Å². The highest BCUT2D eigenvalue weighted by Crippen LogP contribution is 2.27. The normalized spacial score (nSPS) is 16.5. The van der Waals surface area contributed by atoms with Gasteiger partial charge in [0.2, 0.25) is 0 Å². The predicted octanol–water partition coefficient (Wildman–Crippen LogP) is 1.68. The molecule has 0 N–H and O–H groups in total. The van der Waals surface area contributed by atoms with Crippen LogP contribution in [0.3, 0.4) is 0 Å². The van der Waals surface area contributed by atoms with Crippen molar-refractivity contribution >= 4 is 5.65 Å². The third-order valence-corrected chi connectivity index (χ3v) is 4.83. The molecule has 132 valence electrons. The summed E-state index contributed by atoms with van der Waals surface area (Å²) in [6.07, 6.45) is 8.84. The van der Waals surface area contributed by atoms with Crippen LogP contribution in [-0.4, -0.2) is 52.6 Å². The molecule has 4 aromatic heterocycles. The second-order valence-corrected chi connectivity index (χ2v) is 6.50. The number of fused-ring (bicyclic) bond motifs is 1. The third kappa shape index (κ3) is 2.76. The third-order valence-electron chi connectivity index (χ3n) is 4.83. The summed E-state index contributed by atoms with van der Waals surface area (Å²) in [5, 5.41) is 17.6. The van der Waals surface area contributed by atoms with Crippen molar-refractivity contribution < 1.29 is 4.42 Å². The van der Waals surface area contributed by atoms with Crippen LogP contribution in [0.2, 0.25) is 0 Å². The van der Waals surface area contributed by atoms with Crippen LogP contribution in [0.25, 0.3) is 11.5 Å². The Labute approximate surface area is 149 Å². The van der Waals surface area contributed by atoms with Gasteiger partial charge in [0.15, 0.2) is 23.7 Å². The van der Waals surface area contributed by atoms with Crippen molar-refractivity contribution in [3.05, 3.63) is 54.8 Å². The minimum Gasteiger partial charge on any atom is -0.451 e. The van der Waals surface area contributed by atoms with Crippen LogP contribution >= 0.6 is 0 Å². The number of aromatic nitrogens is 7. The zero-order chi connectivity index (χ0) is 17.3. The maximum absolute atomic E-state index is 5.05. The summed E-state index contributed by atoms with van der Waals surface area (Å²) in [5.41, 5.74) is 1.74. The van der Waals surface area contributed by atoms with E-state index in [0.717, 1.165) is 55.5 Å². The zero-order valence-corrected chi connectivity index (χ0v) is 14.1. The summed E-state index contributed by atoms with van der Waals surface area (Å²) in [4.78, 5) is 6.59. The maximum Gasteiger partial charge on any atom is 0.180 e. The van der Waals surface area contributed by atoms with E-state index in [1.165, 1.54) is 6.39 Å². The topological polar surface area (TPSA) is 90.2 Å². The van der Waals surface area contributed by atoms with Crippen molar-refractivity contribution in [3.8, 4) is 5.82 Å². The van der Waals surface area contributed by atoms with Gasteiger partial charge in [-0.1, -0.05) is 0 Å². The van der Waals surface area contributed by atoms with Gasteiger partial charge in [0.1, 0.15) is 6.26 Å². The molecule has 5 heterocycles. The molecule has 5 rings (SSSR count). The Morgan fingerprint density at radius 1 is 1.15 bits per heavy atom. The van der Waals surface area contributed by atoms with Crippen molar-refractivity contribution in [2.24, 2.45) is 0 Å². The zero-order valence-electron chi connectivity index (χ0n) is 14.1. The van der Waals surface area contributed by atoms with Gasteiger partial charge in [-0.2, -0.15) is 9.61 Å². The molecule has 0 bridgehead atoms. The molecule has 1 aliphatic rings. The molecule has 0 atom stereocenters. The Balaban J connectivity index is 1.35. The SMILES string of the molecule is c1cnn(-c2ccc3nnc(C4CCN(Cc5cocn5)CC4)n3n2)c1. The average Bonchev–Trinajstić information content (AvgIpc) is 3.43. The van der Waals surface area contributed by atoms with Gasteiger partial charge in [-0.25, -0.2) is 9.67 Å². The van der Waals surface area contributed by atoms with Crippen molar-refractivity contribution in [3.63, 3.8) is 0 Å². The van der Waals surface area contributed by atoms with Crippen LogP contribution in [0.4, 0.5) is 0 Å². The first-order valence-electron chi connectivity index (χ1n) is 8.68. The molecular weight excluding hydrogens is 332 g/mol. The Bertz CT molecular complexity index is 983.